The Labute approximate surface area is 130 Å². The lowest BCUT2D eigenvalue weighted by Crippen LogP contribution is -2.42. The van der Waals surface area contributed by atoms with Crippen molar-refractivity contribution < 1.29 is 0 Å². The molecule has 0 spiro atoms. The Hall–Kier alpha value is -1.02. The van der Waals surface area contributed by atoms with Crippen molar-refractivity contribution in [2.75, 3.05) is 24.5 Å². The van der Waals surface area contributed by atoms with E-state index in [1.54, 1.807) is 0 Å². The molecule has 0 saturated carbocycles. The van der Waals surface area contributed by atoms with Gasteiger partial charge in [-0.15, -0.1) is 0 Å². The van der Waals surface area contributed by atoms with E-state index < -0.39 is 0 Å². The zero-order valence-corrected chi connectivity index (χ0v) is 14.4. The third kappa shape index (κ3) is 4.23. The Morgan fingerprint density at radius 2 is 1.90 bits per heavy atom. The van der Waals surface area contributed by atoms with Gasteiger partial charge in [-0.25, -0.2) is 0 Å². The predicted molar refractivity (Wildman–Crippen MR) is 93.2 cm³/mol. The first-order valence-electron chi connectivity index (χ1n) is 8.50. The summed E-state index contributed by atoms with van der Waals surface area (Å²) in [6.45, 7) is 14.9. The van der Waals surface area contributed by atoms with Gasteiger partial charge in [-0.2, -0.15) is 0 Å². The molecule has 1 aliphatic heterocycles. The van der Waals surface area contributed by atoms with Crippen LogP contribution < -0.4 is 10.2 Å². The summed E-state index contributed by atoms with van der Waals surface area (Å²) in [4.78, 5) is 2.56. The molecule has 21 heavy (non-hydrogen) atoms. The monoisotopic (exact) mass is 288 g/mol. The highest BCUT2D eigenvalue weighted by atomic mass is 15.2. The van der Waals surface area contributed by atoms with Crippen LogP contribution in [0.1, 0.15) is 53.0 Å². The summed E-state index contributed by atoms with van der Waals surface area (Å²) in [5, 5.41) is 3.73. The lowest BCUT2D eigenvalue weighted by molar-refractivity contribution is 0.384. The minimum Gasteiger partial charge on any atom is -0.370 e. The highest BCUT2D eigenvalue weighted by Gasteiger charge is 2.22. The van der Waals surface area contributed by atoms with E-state index in [0.29, 0.717) is 6.04 Å². The fourth-order valence-electron chi connectivity index (χ4n) is 3.02. The van der Waals surface area contributed by atoms with Crippen LogP contribution in [0.15, 0.2) is 24.3 Å². The summed E-state index contributed by atoms with van der Waals surface area (Å²) in [6.07, 6.45) is 2.47. The molecule has 2 atom stereocenters. The first kappa shape index (κ1) is 16.4. The summed E-state index contributed by atoms with van der Waals surface area (Å²) in [5.41, 5.74) is 3.02. The molecule has 2 rings (SSSR count). The van der Waals surface area contributed by atoms with Gasteiger partial charge in [0, 0.05) is 24.8 Å². The van der Waals surface area contributed by atoms with Crippen LogP contribution in [0, 0.1) is 5.92 Å². The molecule has 1 aliphatic rings. The van der Waals surface area contributed by atoms with Crippen LogP contribution in [-0.2, 0) is 5.41 Å². The van der Waals surface area contributed by atoms with Gasteiger partial charge in [0.05, 0.1) is 0 Å². The van der Waals surface area contributed by atoms with E-state index in [0.717, 1.165) is 25.6 Å². The first-order chi connectivity index (χ1) is 9.91. The summed E-state index contributed by atoms with van der Waals surface area (Å²) in [7, 11) is 0. The molecule has 2 heteroatoms. The number of rotatable bonds is 3. The number of hydrogen-bond acceptors (Lipinski definition) is 2. The van der Waals surface area contributed by atoms with Crippen molar-refractivity contribution in [3.63, 3.8) is 0 Å². The Balaban J connectivity index is 2.12. The van der Waals surface area contributed by atoms with Gasteiger partial charge in [0.1, 0.15) is 0 Å². The molecule has 1 heterocycles. The number of nitrogens with zero attached hydrogens (tertiary/aromatic N) is 1. The van der Waals surface area contributed by atoms with Crippen molar-refractivity contribution in [3.8, 4) is 0 Å². The quantitative estimate of drug-likeness (QED) is 0.897. The van der Waals surface area contributed by atoms with Gasteiger partial charge in [0.25, 0.3) is 0 Å². The van der Waals surface area contributed by atoms with Crippen molar-refractivity contribution >= 4 is 5.69 Å². The Kier molecular flexibility index (Phi) is 5.32. The standard InChI is InChI=1S/C19H32N2/c1-6-15(2)18-14-21(13-7-12-20-18)17-10-8-16(9-11-17)19(3,4)5/h8-11,15,18,20H,6-7,12-14H2,1-5H3. The SMILES string of the molecule is CCC(C)C1CN(c2ccc(C(C)(C)C)cc2)CCCN1. The molecule has 118 valence electrons. The molecule has 2 nitrogen and oxygen atoms in total. The van der Waals surface area contributed by atoms with Crippen LogP contribution in [0.25, 0.3) is 0 Å². The Morgan fingerprint density at radius 1 is 1.24 bits per heavy atom. The zero-order chi connectivity index (χ0) is 15.5. The minimum absolute atomic E-state index is 0.234. The Morgan fingerprint density at radius 3 is 2.48 bits per heavy atom. The van der Waals surface area contributed by atoms with Crippen LogP contribution in [0.2, 0.25) is 0 Å². The highest BCUT2D eigenvalue weighted by Crippen LogP contribution is 2.26. The van der Waals surface area contributed by atoms with Crippen molar-refractivity contribution in [1.82, 2.24) is 5.32 Å². The molecule has 1 aromatic rings. The number of nitrogens with one attached hydrogen (secondary N) is 1. The van der Waals surface area contributed by atoms with Crippen LogP contribution in [0.4, 0.5) is 5.69 Å². The number of hydrogen-bond donors (Lipinski definition) is 1. The van der Waals surface area contributed by atoms with Crippen molar-refractivity contribution in [1.29, 1.82) is 0 Å². The smallest absolute Gasteiger partial charge is 0.0366 e. The summed E-state index contributed by atoms with van der Waals surface area (Å²) >= 11 is 0. The molecule has 0 aliphatic carbocycles. The maximum Gasteiger partial charge on any atom is 0.0366 e. The van der Waals surface area contributed by atoms with E-state index in [2.05, 4.69) is 69.1 Å². The van der Waals surface area contributed by atoms with E-state index in [9.17, 15) is 0 Å². The fraction of sp³-hybridized carbons (Fsp3) is 0.684. The van der Waals surface area contributed by atoms with Crippen molar-refractivity contribution in [2.24, 2.45) is 5.92 Å². The molecule has 0 amide bonds. The van der Waals surface area contributed by atoms with E-state index in [-0.39, 0.29) is 5.41 Å². The van der Waals surface area contributed by atoms with Crippen LogP contribution >= 0.6 is 0 Å². The lowest BCUT2D eigenvalue weighted by Gasteiger charge is -2.30. The number of benzene rings is 1. The van der Waals surface area contributed by atoms with E-state index >= 15 is 0 Å². The summed E-state index contributed by atoms with van der Waals surface area (Å²) < 4.78 is 0. The van der Waals surface area contributed by atoms with Gasteiger partial charge in [0.2, 0.25) is 0 Å². The maximum absolute atomic E-state index is 3.73. The zero-order valence-electron chi connectivity index (χ0n) is 14.4. The molecule has 0 aromatic heterocycles. The third-order valence-electron chi connectivity index (χ3n) is 4.86. The van der Waals surface area contributed by atoms with Gasteiger partial charge in [-0.1, -0.05) is 53.2 Å². The highest BCUT2D eigenvalue weighted by molar-refractivity contribution is 5.49. The summed E-state index contributed by atoms with van der Waals surface area (Å²) in [6, 6.07) is 9.82. The van der Waals surface area contributed by atoms with Crippen LogP contribution in [-0.4, -0.2) is 25.7 Å². The normalized spacial score (nSPS) is 22.0. The second-order valence-electron chi connectivity index (χ2n) is 7.54. The fourth-order valence-corrected chi connectivity index (χ4v) is 3.02. The number of anilines is 1. The van der Waals surface area contributed by atoms with Gasteiger partial charge in [-0.3, -0.25) is 0 Å². The average Bonchev–Trinajstić information content (AvgIpc) is 2.71. The predicted octanol–water partition coefficient (Wildman–Crippen LogP) is 4.20. The first-order valence-corrected chi connectivity index (χ1v) is 8.50. The van der Waals surface area contributed by atoms with Crippen LogP contribution in [0.5, 0.6) is 0 Å². The second kappa shape index (κ2) is 6.83. The Bertz CT molecular complexity index is 430. The molecule has 2 unspecified atom stereocenters. The molecule has 1 aromatic carbocycles. The maximum atomic E-state index is 3.73. The largest absolute Gasteiger partial charge is 0.370 e. The van der Waals surface area contributed by atoms with Gasteiger partial charge in [0.15, 0.2) is 0 Å². The topological polar surface area (TPSA) is 15.3 Å². The summed E-state index contributed by atoms with van der Waals surface area (Å²) in [5.74, 6) is 0.736. The van der Waals surface area contributed by atoms with Gasteiger partial charge in [-0.05, 0) is 42.0 Å². The molecule has 1 saturated heterocycles. The van der Waals surface area contributed by atoms with Gasteiger partial charge >= 0.3 is 0 Å². The molecule has 0 bridgehead atoms. The molecule has 1 N–H and O–H groups in total. The minimum atomic E-state index is 0.234. The van der Waals surface area contributed by atoms with E-state index in [1.807, 2.05) is 0 Å². The molecule has 0 radical (unpaired) electrons. The van der Waals surface area contributed by atoms with E-state index in [4.69, 9.17) is 0 Å². The second-order valence-corrected chi connectivity index (χ2v) is 7.54. The molecular formula is C19H32N2. The van der Waals surface area contributed by atoms with Gasteiger partial charge < -0.3 is 10.2 Å². The van der Waals surface area contributed by atoms with Crippen LogP contribution in [0.3, 0.4) is 0 Å². The van der Waals surface area contributed by atoms with Crippen molar-refractivity contribution in [3.05, 3.63) is 29.8 Å². The van der Waals surface area contributed by atoms with Crippen molar-refractivity contribution in [2.45, 2.75) is 58.9 Å². The average molecular weight is 288 g/mol. The molecule has 1 fully saturated rings. The van der Waals surface area contributed by atoms with E-state index in [1.165, 1.54) is 24.1 Å². The lowest BCUT2D eigenvalue weighted by atomic mass is 9.87. The molecular weight excluding hydrogens is 256 g/mol. The third-order valence-corrected chi connectivity index (χ3v) is 4.86.